The molecule has 0 bridgehead atoms. The maximum absolute atomic E-state index is 11.7. The van der Waals surface area contributed by atoms with Gasteiger partial charge in [0, 0.05) is 32.5 Å². The molecule has 5 nitrogen and oxygen atoms in total. The minimum atomic E-state index is -0.0393. The third-order valence-electron chi connectivity index (χ3n) is 4.42. The van der Waals surface area contributed by atoms with Gasteiger partial charge in [-0.05, 0) is 12.5 Å². The minimum Gasteiger partial charge on any atom is -0.375 e. The van der Waals surface area contributed by atoms with Gasteiger partial charge in [0.05, 0.1) is 18.8 Å². The fourth-order valence-corrected chi connectivity index (χ4v) is 3.20. The Bertz CT molecular complexity index is 530. The average Bonchev–Trinajstić information content (AvgIpc) is 2.85. The molecular formula is C17H22N2O3. The number of hydrogen-bond acceptors (Lipinski definition) is 4. The standard InChI is InChI=1S/C17H22N2O3/c1-13-11-18(9-10-19-16(20)7-8-17(19)21)15(12-22-13)14-5-3-2-4-6-14/h2-6,13,15H,7-12H2,1H3/t13-,15+/m0/s1. The predicted molar refractivity (Wildman–Crippen MR) is 82.1 cm³/mol. The van der Waals surface area contributed by atoms with Crippen LogP contribution in [0.25, 0.3) is 0 Å². The fraction of sp³-hybridized carbons (Fsp3) is 0.529. The number of ether oxygens (including phenoxy) is 1. The van der Waals surface area contributed by atoms with Crippen molar-refractivity contribution in [2.75, 3.05) is 26.2 Å². The molecule has 5 heteroatoms. The molecule has 0 aromatic heterocycles. The van der Waals surface area contributed by atoms with E-state index < -0.39 is 0 Å². The van der Waals surface area contributed by atoms with Gasteiger partial charge in [-0.25, -0.2) is 0 Å². The Balaban J connectivity index is 1.68. The van der Waals surface area contributed by atoms with E-state index in [2.05, 4.69) is 24.0 Å². The summed E-state index contributed by atoms with van der Waals surface area (Å²) in [6.07, 6.45) is 0.894. The normalized spacial score (nSPS) is 26.7. The number of carbonyl (C=O) groups excluding carboxylic acids is 2. The molecule has 2 aliphatic rings. The minimum absolute atomic E-state index is 0.0393. The first-order valence-electron chi connectivity index (χ1n) is 7.89. The highest BCUT2D eigenvalue weighted by atomic mass is 16.5. The maximum Gasteiger partial charge on any atom is 0.229 e. The van der Waals surface area contributed by atoms with Gasteiger partial charge in [-0.15, -0.1) is 0 Å². The Hall–Kier alpha value is -1.72. The molecule has 2 heterocycles. The summed E-state index contributed by atoms with van der Waals surface area (Å²) in [5.41, 5.74) is 1.22. The number of imide groups is 1. The molecule has 0 radical (unpaired) electrons. The number of carbonyl (C=O) groups is 2. The molecule has 118 valence electrons. The fourth-order valence-electron chi connectivity index (χ4n) is 3.20. The van der Waals surface area contributed by atoms with Crippen LogP contribution in [-0.4, -0.2) is 54.0 Å². The first-order valence-corrected chi connectivity index (χ1v) is 7.89. The number of hydrogen-bond donors (Lipinski definition) is 0. The lowest BCUT2D eigenvalue weighted by atomic mass is 10.0. The first-order chi connectivity index (χ1) is 10.6. The highest BCUT2D eigenvalue weighted by Crippen LogP contribution is 2.26. The van der Waals surface area contributed by atoms with Crippen LogP contribution in [0.2, 0.25) is 0 Å². The van der Waals surface area contributed by atoms with Gasteiger partial charge in [0.15, 0.2) is 0 Å². The van der Waals surface area contributed by atoms with Crippen molar-refractivity contribution in [1.29, 1.82) is 0 Å². The lowest BCUT2D eigenvalue weighted by Crippen LogP contribution is -2.47. The van der Waals surface area contributed by atoms with E-state index in [9.17, 15) is 9.59 Å². The second kappa shape index (κ2) is 6.58. The summed E-state index contributed by atoms with van der Waals surface area (Å²) in [4.78, 5) is 27.2. The maximum atomic E-state index is 11.7. The summed E-state index contributed by atoms with van der Waals surface area (Å²) < 4.78 is 5.80. The molecular weight excluding hydrogens is 280 g/mol. The second-order valence-electron chi connectivity index (χ2n) is 6.00. The first kappa shape index (κ1) is 15.2. The van der Waals surface area contributed by atoms with Crippen molar-refractivity contribution in [2.24, 2.45) is 0 Å². The zero-order valence-corrected chi connectivity index (χ0v) is 12.9. The van der Waals surface area contributed by atoms with Gasteiger partial charge >= 0.3 is 0 Å². The van der Waals surface area contributed by atoms with Crippen LogP contribution in [-0.2, 0) is 14.3 Å². The molecule has 1 aromatic carbocycles. The Morgan fingerprint density at radius 2 is 1.77 bits per heavy atom. The van der Waals surface area contributed by atoms with Crippen molar-refractivity contribution in [3.63, 3.8) is 0 Å². The predicted octanol–water partition coefficient (Wildman–Crippen LogP) is 1.60. The van der Waals surface area contributed by atoms with E-state index in [-0.39, 0.29) is 24.0 Å². The summed E-state index contributed by atoms with van der Waals surface area (Å²) in [5, 5.41) is 0. The summed E-state index contributed by atoms with van der Waals surface area (Å²) in [7, 11) is 0. The van der Waals surface area contributed by atoms with E-state index in [1.165, 1.54) is 10.5 Å². The van der Waals surface area contributed by atoms with E-state index in [0.717, 1.165) is 6.54 Å². The highest BCUT2D eigenvalue weighted by Gasteiger charge is 2.32. The zero-order valence-electron chi connectivity index (χ0n) is 12.9. The van der Waals surface area contributed by atoms with Gasteiger partial charge in [0.25, 0.3) is 0 Å². The van der Waals surface area contributed by atoms with Crippen molar-refractivity contribution >= 4 is 11.8 Å². The van der Waals surface area contributed by atoms with Crippen molar-refractivity contribution < 1.29 is 14.3 Å². The van der Waals surface area contributed by atoms with E-state index in [1.807, 2.05) is 18.2 Å². The number of likely N-dealkylation sites (tertiary alicyclic amines) is 1. The van der Waals surface area contributed by atoms with Gasteiger partial charge in [-0.2, -0.15) is 0 Å². The van der Waals surface area contributed by atoms with E-state index in [1.54, 1.807) is 0 Å². The van der Waals surface area contributed by atoms with Crippen LogP contribution in [0.15, 0.2) is 30.3 Å². The second-order valence-corrected chi connectivity index (χ2v) is 6.00. The molecule has 2 aliphatic heterocycles. The number of morpholine rings is 1. The summed E-state index contributed by atoms with van der Waals surface area (Å²) in [5.74, 6) is -0.0786. The smallest absolute Gasteiger partial charge is 0.229 e. The Morgan fingerprint density at radius 1 is 1.09 bits per heavy atom. The Kier molecular flexibility index (Phi) is 4.55. The molecule has 2 atom stereocenters. The Labute approximate surface area is 130 Å². The van der Waals surface area contributed by atoms with E-state index in [4.69, 9.17) is 4.74 Å². The largest absolute Gasteiger partial charge is 0.375 e. The van der Waals surface area contributed by atoms with Crippen LogP contribution in [0.1, 0.15) is 31.4 Å². The van der Waals surface area contributed by atoms with Gasteiger partial charge in [0.2, 0.25) is 11.8 Å². The van der Waals surface area contributed by atoms with Crippen LogP contribution in [0.3, 0.4) is 0 Å². The third-order valence-corrected chi connectivity index (χ3v) is 4.42. The molecule has 22 heavy (non-hydrogen) atoms. The lowest BCUT2D eigenvalue weighted by molar-refractivity contribution is -0.139. The summed E-state index contributed by atoms with van der Waals surface area (Å²) in [6, 6.07) is 10.4. The van der Waals surface area contributed by atoms with Crippen LogP contribution < -0.4 is 0 Å². The van der Waals surface area contributed by atoms with Crippen LogP contribution in [0, 0.1) is 0 Å². The molecule has 0 saturated carbocycles. The average molecular weight is 302 g/mol. The summed E-state index contributed by atoms with van der Waals surface area (Å²) >= 11 is 0. The molecule has 2 saturated heterocycles. The van der Waals surface area contributed by atoms with Crippen molar-refractivity contribution in [1.82, 2.24) is 9.80 Å². The van der Waals surface area contributed by atoms with Crippen molar-refractivity contribution in [3.8, 4) is 0 Å². The molecule has 2 fully saturated rings. The Morgan fingerprint density at radius 3 is 2.45 bits per heavy atom. The molecule has 0 N–H and O–H groups in total. The molecule has 1 aromatic rings. The third kappa shape index (κ3) is 3.20. The van der Waals surface area contributed by atoms with Crippen LogP contribution in [0.4, 0.5) is 0 Å². The van der Waals surface area contributed by atoms with Crippen LogP contribution in [0.5, 0.6) is 0 Å². The van der Waals surface area contributed by atoms with Gasteiger partial charge < -0.3 is 4.74 Å². The van der Waals surface area contributed by atoms with Gasteiger partial charge in [-0.1, -0.05) is 30.3 Å². The quantitative estimate of drug-likeness (QED) is 0.793. The molecule has 0 aliphatic carbocycles. The number of nitrogens with zero attached hydrogens (tertiary/aromatic N) is 2. The number of rotatable bonds is 4. The molecule has 0 spiro atoms. The topological polar surface area (TPSA) is 49.9 Å². The zero-order chi connectivity index (χ0) is 15.5. The summed E-state index contributed by atoms with van der Waals surface area (Å²) in [6.45, 7) is 4.70. The van der Waals surface area contributed by atoms with Crippen molar-refractivity contribution in [3.05, 3.63) is 35.9 Å². The van der Waals surface area contributed by atoms with E-state index >= 15 is 0 Å². The van der Waals surface area contributed by atoms with Gasteiger partial charge in [0.1, 0.15) is 0 Å². The monoisotopic (exact) mass is 302 g/mol. The molecule has 0 unspecified atom stereocenters. The highest BCUT2D eigenvalue weighted by molar-refractivity contribution is 6.01. The molecule has 2 amide bonds. The van der Waals surface area contributed by atoms with E-state index in [0.29, 0.717) is 32.5 Å². The lowest BCUT2D eigenvalue weighted by Gasteiger charge is -2.39. The van der Waals surface area contributed by atoms with Crippen LogP contribution >= 0.6 is 0 Å². The number of amides is 2. The van der Waals surface area contributed by atoms with Crippen molar-refractivity contribution in [2.45, 2.75) is 31.9 Å². The molecule has 3 rings (SSSR count). The number of benzene rings is 1. The van der Waals surface area contributed by atoms with Gasteiger partial charge in [-0.3, -0.25) is 19.4 Å². The SMILES string of the molecule is C[C@H]1CN(CCN2C(=O)CCC2=O)[C@@H](c2ccccc2)CO1.